The molecule has 1 aliphatic heterocycles. The highest BCUT2D eigenvalue weighted by molar-refractivity contribution is 6.02. The summed E-state index contributed by atoms with van der Waals surface area (Å²) in [5, 5.41) is 0. The lowest BCUT2D eigenvalue weighted by Gasteiger charge is -2.39. The number of piperazine rings is 1. The van der Waals surface area contributed by atoms with E-state index in [2.05, 4.69) is 0 Å². The number of anilines is 1. The van der Waals surface area contributed by atoms with E-state index in [1.54, 1.807) is 11.8 Å². The molecule has 1 aliphatic rings. The predicted molar refractivity (Wildman–Crippen MR) is 96.9 cm³/mol. The van der Waals surface area contributed by atoms with Crippen molar-refractivity contribution in [2.24, 2.45) is 0 Å². The number of carbonyl (C=O) groups excluding carboxylic acids is 2. The Morgan fingerprint density at radius 3 is 2.44 bits per heavy atom. The van der Waals surface area contributed by atoms with E-state index in [0.717, 1.165) is 23.4 Å². The van der Waals surface area contributed by atoms with Gasteiger partial charge in [0.2, 0.25) is 5.91 Å². The van der Waals surface area contributed by atoms with Gasteiger partial charge in [-0.25, -0.2) is 8.78 Å². The molecule has 7 heteroatoms. The van der Waals surface area contributed by atoms with E-state index in [-0.39, 0.29) is 24.7 Å². The fraction of sp³-hybridized carbons (Fsp3) is 0.300. The van der Waals surface area contributed by atoms with Crippen molar-refractivity contribution in [3.63, 3.8) is 0 Å². The number of rotatable bonds is 3. The molecule has 2 aromatic rings. The molecule has 0 aromatic heterocycles. The highest BCUT2D eigenvalue weighted by Gasteiger charge is 2.36. The quantitative estimate of drug-likeness (QED) is 0.829. The zero-order valence-electron chi connectivity index (χ0n) is 15.3. The number of aryl methyl sites for hydroxylation is 1. The Morgan fingerprint density at radius 2 is 1.81 bits per heavy atom. The second kappa shape index (κ2) is 7.34. The van der Waals surface area contributed by atoms with Crippen molar-refractivity contribution >= 4 is 17.5 Å². The summed E-state index contributed by atoms with van der Waals surface area (Å²) in [6.07, 6.45) is 0. The maximum absolute atomic E-state index is 14.4. The van der Waals surface area contributed by atoms with Crippen LogP contribution in [0.3, 0.4) is 0 Å². The number of halogens is 2. The normalized spacial score (nSPS) is 17.2. The molecule has 0 aliphatic carbocycles. The van der Waals surface area contributed by atoms with Gasteiger partial charge in [0.25, 0.3) is 5.91 Å². The number of carbonyl (C=O) groups is 2. The van der Waals surface area contributed by atoms with Gasteiger partial charge in [0.05, 0.1) is 7.11 Å². The fourth-order valence-electron chi connectivity index (χ4n) is 3.13. The average Bonchev–Trinajstić information content (AvgIpc) is 2.64. The van der Waals surface area contributed by atoms with E-state index >= 15 is 0 Å². The number of amides is 2. The van der Waals surface area contributed by atoms with Gasteiger partial charge < -0.3 is 14.5 Å². The Balaban J connectivity index is 1.87. The number of ether oxygens (including phenoxy) is 1. The molecule has 5 nitrogen and oxygen atoms in total. The average molecular weight is 374 g/mol. The van der Waals surface area contributed by atoms with Crippen LogP contribution in [0.4, 0.5) is 14.5 Å². The fourth-order valence-corrected chi connectivity index (χ4v) is 3.13. The molecule has 0 unspecified atom stereocenters. The zero-order valence-corrected chi connectivity index (χ0v) is 15.3. The van der Waals surface area contributed by atoms with E-state index in [0.29, 0.717) is 0 Å². The minimum atomic E-state index is -1.07. The minimum Gasteiger partial charge on any atom is -0.494 e. The lowest BCUT2D eigenvalue weighted by molar-refractivity contribution is -0.121. The molecule has 2 amide bonds. The molecule has 0 spiro atoms. The van der Waals surface area contributed by atoms with Gasteiger partial charge in [-0.3, -0.25) is 9.59 Å². The molecule has 0 N–H and O–H groups in total. The Kier molecular flexibility index (Phi) is 5.12. The van der Waals surface area contributed by atoms with Crippen molar-refractivity contribution in [1.82, 2.24) is 4.90 Å². The molecule has 2 aromatic carbocycles. The maximum atomic E-state index is 14.4. The first-order valence-corrected chi connectivity index (χ1v) is 8.53. The smallest absolute Gasteiger partial charge is 0.260 e. The highest BCUT2D eigenvalue weighted by atomic mass is 19.1. The first-order chi connectivity index (χ1) is 12.8. The van der Waals surface area contributed by atoms with Crippen molar-refractivity contribution in [3.8, 4) is 5.75 Å². The largest absolute Gasteiger partial charge is 0.494 e. The van der Waals surface area contributed by atoms with Crippen LogP contribution in [0.25, 0.3) is 0 Å². The third-order valence-corrected chi connectivity index (χ3v) is 4.68. The van der Waals surface area contributed by atoms with Gasteiger partial charge in [-0.2, -0.15) is 0 Å². The van der Waals surface area contributed by atoms with Crippen molar-refractivity contribution in [2.75, 3.05) is 25.1 Å². The van der Waals surface area contributed by atoms with Crippen LogP contribution in [-0.2, 0) is 4.79 Å². The van der Waals surface area contributed by atoms with E-state index < -0.39 is 29.1 Å². The van der Waals surface area contributed by atoms with Crippen molar-refractivity contribution in [3.05, 3.63) is 59.2 Å². The standard InChI is InChI=1S/C20H20F2N2O3/c1-12-4-6-14(7-5-12)24-10-13(2)23(11-17(24)25)20(26)18-15(21)8-9-16(27-3)19(18)22/h4-9,13H,10-11H2,1-3H3/t13-/m1/s1. The van der Waals surface area contributed by atoms with Crippen LogP contribution in [0.1, 0.15) is 22.8 Å². The molecule has 1 saturated heterocycles. The number of hydrogen-bond donors (Lipinski definition) is 0. The molecule has 1 atom stereocenters. The summed E-state index contributed by atoms with van der Waals surface area (Å²) in [7, 11) is 1.23. The summed E-state index contributed by atoms with van der Waals surface area (Å²) in [4.78, 5) is 28.1. The lowest BCUT2D eigenvalue weighted by Crippen LogP contribution is -2.57. The zero-order chi connectivity index (χ0) is 19.7. The van der Waals surface area contributed by atoms with Crippen LogP contribution < -0.4 is 9.64 Å². The molecule has 1 heterocycles. The van der Waals surface area contributed by atoms with Gasteiger partial charge in [-0.1, -0.05) is 17.7 Å². The molecule has 0 saturated carbocycles. The summed E-state index contributed by atoms with van der Waals surface area (Å²) in [5.41, 5.74) is 1.08. The van der Waals surface area contributed by atoms with E-state index in [1.165, 1.54) is 12.0 Å². The summed E-state index contributed by atoms with van der Waals surface area (Å²) in [5.74, 6) is -3.46. The SMILES string of the molecule is COc1ccc(F)c(C(=O)N2CC(=O)N(c3ccc(C)cc3)C[C@H]2C)c1F. The predicted octanol–water partition coefficient (Wildman–Crippen LogP) is 3.16. The molecule has 0 bridgehead atoms. The van der Waals surface area contributed by atoms with Crippen LogP contribution >= 0.6 is 0 Å². The first-order valence-electron chi connectivity index (χ1n) is 8.53. The summed E-state index contributed by atoms with van der Waals surface area (Å²) >= 11 is 0. The molecule has 3 rings (SSSR count). The summed E-state index contributed by atoms with van der Waals surface area (Å²) in [6, 6.07) is 9.13. The van der Waals surface area contributed by atoms with Crippen LogP contribution in [0.2, 0.25) is 0 Å². The van der Waals surface area contributed by atoms with Gasteiger partial charge in [0, 0.05) is 18.3 Å². The highest BCUT2D eigenvalue weighted by Crippen LogP contribution is 2.27. The maximum Gasteiger partial charge on any atom is 0.260 e. The van der Waals surface area contributed by atoms with E-state index in [9.17, 15) is 18.4 Å². The van der Waals surface area contributed by atoms with Crippen LogP contribution in [0.15, 0.2) is 36.4 Å². The number of benzene rings is 2. The Hall–Kier alpha value is -2.96. The topological polar surface area (TPSA) is 49.9 Å². The van der Waals surface area contributed by atoms with Gasteiger partial charge in [-0.15, -0.1) is 0 Å². The lowest BCUT2D eigenvalue weighted by atomic mass is 10.1. The molecule has 142 valence electrons. The van der Waals surface area contributed by atoms with Crippen LogP contribution in [0.5, 0.6) is 5.75 Å². The van der Waals surface area contributed by atoms with E-state index in [1.807, 2.05) is 31.2 Å². The molecular formula is C20H20F2N2O3. The molecule has 0 radical (unpaired) electrons. The second-order valence-corrected chi connectivity index (χ2v) is 6.56. The van der Waals surface area contributed by atoms with Gasteiger partial charge >= 0.3 is 0 Å². The van der Waals surface area contributed by atoms with Crippen molar-refractivity contribution in [2.45, 2.75) is 19.9 Å². The minimum absolute atomic E-state index is 0.225. The Labute approximate surface area is 156 Å². The van der Waals surface area contributed by atoms with Gasteiger partial charge in [-0.05, 0) is 38.1 Å². The molecule has 1 fully saturated rings. The molecule has 27 heavy (non-hydrogen) atoms. The van der Waals surface area contributed by atoms with Gasteiger partial charge in [0.15, 0.2) is 11.6 Å². The van der Waals surface area contributed by atoms with Gasteiger partial charge in [0.1, 0.15) is 17.9 Å². The number of hydrogen-bond acceptors (Lipinski definition) is 3. The van der Waals surface area contributed by atoms with E-state index in [4.69, 9.17) is 4.74 Å². The molecular weight excluding hydrogens is 354 g/mol. The Morgan fingerprint density at radius 1 is 1.15 bits per heavy atom. The van der Waals surface area contributed by atoms with Crippen LogP contribution in [-0.4, -0.2) is 43.0 Å². The summed E-state index contributed by atoms with van der Waals surface area (Å²) in [6.45, 7) is 3.66. The van der Waals surface area contributed by atoms with Crippen LogP contribution in [0, 0.1) is 18.6 Å². The second-order valence-electron chi connectivity index (χ2n) is 6.56. The number of methoxy groups -OCH3 is 1. The third kappa shape index (κ3) is 3.49. The van der Waals surface area contributed by atoms with Crippen molar-refractivity contribution < 1.29 is 23.1 Å². The van der Waals surface area contributed by atoms with Crippen molar-refractivity contribution in [1.29, 1.82) is 0 Å². The third-order valence-electron chi connectivity index (χ3n) is 4.68. The number of nitrogens with zero attached hydrogens (tertiary/aromatic N) is 2. The first kappa shape index (κ1) is 18.8. The monoisotopic (exact) mass is 374 g/mol. The Bertz CT molecular complexity index is 884. The summed E-state index contributed by atoms with van der Waals surface area (Å²) < 4.78 is 33.4.